The van der Waals surface area contributed by atoms with Crippen LogP contribution in [0.2, 0.25) is 0 Å². The van der Waals surface area contributed by atoms with E-state index in [9.17, 15) is 31.2 Å². The lowest BCUT2D eigenvalue weighted by molar-refractivity contribution is -0.137. The molecule has 2 aromatic rings. The Morgan fingerprint density at radius 1 is 0.938 bits per heavy atom. The van der Waals surface area contributed by atoms with E-state index in [-0.39, 0.29) is 49.4 Å². The predicted molar refractivity (Wildman–Crippen MR) is 110 cm³/mol. The second kappa shape index (κ2) is 9.29. The molecule has 3 rings (SSSR count). The molecule has 0 aliphatic carbocycles. The molecule has 2 amide bonds. The molecule has 32 heavy (non-hydrogen) atoms. The number of piperazine rings is 1. The van der Waals surface area contributed by atoms with Crippen molar-refractivity contribution in [2.45, 2.75) is 18.0 Å². The van der Waals surface area contributed by atoms with Crippen molar-refractivity contribution in [2.75, 3.05) is 32.7 Å². The first-order valence-electron chi connectivity index (χ1n) is 9.78. The van der Waals surface area contributed by atoms with Gasteiger partial charge in [0.2, 0.25) is 15.9 Å². The molecule has 7 nitrogen and oxygen atoms in total. The van der Waals surface area contributed by atoms with Crippen molar-refractivity contribution in [3.05, 3.63) is 65.2 Å². The van der Waals surface area contributed by atoms with E-state index in [0.717, 1.165) is 34.1 Å². The van der Waals surface area contributed by atoms with Crippen molar-refractivity contribution < 1.29 is 31.2 Å². The molecular weight excluding hydrogens is 447 g/mol. The van der Waals surface area contributed by atoms with E-state index in [4.69, 9.17) is 0 Å². The van der Waals surface area contributed by atoms with Crippen LogP contribution in [0, 0.1) is 6.92 Å². The predicted octanol–water partition coefficient (Wildman–Crippen LogP) is 2.28. The highest BCUT2D eigenvalue weighted by Gasteiger charge is 2.33. The Kier molecular flexibility index (Phi) is 6.89. The molecule has 0 unspecified atom stereocenters. The summed E-state index contributed by atoms with van der Waals surface area (Å²) >= 11 is 0. The summed E-state index contributed by atoms with van der Waals surface area (Å²) in [5.41, 5.74) is 0.497. The lowest BCUT2D eigenvalue weighted by Gasteiger charge is -2.34. The quantitative estimate of drug-likeness (QED) is 0.728. The van der Waals surface area contributed by atoms with E-state index >= 15 is 0 Å². The molecule has 1 aliphatic rings. The van der Waals surface area contributed by atoms with E-state index in [0.29, 0.717) is 5.56 Å². The van der Waals surface area contributed by atoms with Gasteiger partial charge in [-0.25, -0.2) is 8.42 Å². The first-order valence-corrected chi connectivity index (χ1v) is 11.2. The van der Waals surface area contributed by atoms with Crippen molar-refractivity contribution in [2.24, 2.45) is 0 Å². The van der Waals surface area contributed by atoms with Gasteiger partial charge >= 0.3 is 6.18 Å². The van der Waals surface area contributed by atoms with Crippen LogP contribution in [0.3, 0.4) is 0 Å². The molecule has 0 spiro atoms. The smallest absolute Gasteiger partial charge is 0.343 e. The van der Waals surface area contributed by atoms with Crippen LogP contribution in [0.25, 0.3) is 0 Å². The van der Waals surface area contributed by atoms with Crippen molar-refractivity contribution in [3.63, 3.8) is 0 Å². The number of aryl methyl sites for hydroxylation is 1. The normalized spacial score (nSPS) is 15.4. The highest BCUT2D eigenvalue weighted by atomic mass is 32.2. The highest BCUT2D eigenvalue weighted by Crippen LogP contribution is 2.30. The standard InChI is InChI=1S/C21H22F3N3O4S/c1-15-2-4-16(5-3-15)20(29)25-14-19(28)26-10-12-27(13-11-26)32(30,31)18-8-6-17(7-9-18)21(22,23)24/h2-9H,10-14H2,1H3,(H,25,29). The Balaban J connectivity index is 1.54. The zero-order valence-electron chi connectivity index (χ0n) is 17.2. The summed E-state index contributed by atoms with van der Waals surface area (Å²) in [6.07, 6.45) is -4.55. The summed E-state index contributed by atoms with van der Waals surface area (Å²) in [7, 11) is -3.98. The SMILES string of the molecule is Cc1ccc(C(=O)NCC(=O)N2CCN(S(=O)(=O)c3ccc(C(F)(F)F)cc3)CC2)cc1. The highest BCUT2D eigenvalue weighted by molar-refractivity contribution is 7.89. The van der Waals surface area contributed by atoms with Crippen molar-refractivity contribution in [1.82, 2.24) is 14.5 Å². The lowest BCUT2D eigenvalue weighted by atomic mass is 10.1. The molecule has 1 fully saturated rings. The number of amides is 2. The molecular formula is C21H22F3N3O4S. The fraction of sp³-hybridized carbons (Fsp3) is 0.333. The minimum atomic E-state index is -4.55. The van der Waals surface area contributed by atoms with E-state index in [1.165, 1.54) is 4.90 Å². The minimum absolute atomic E-state index is 0.000996. The second-order valence-corrected chi connectivity index (χ2v) is 9.29. The molecule has 0 atom stereocenters. The van der Waals surface area contributed by atoms with Crippen LogP contribution < -0.4 is 5.32 Å². The fourth-order valence-electron chi connectivity index (χ4n) is 3.22. The molecule has 0 aromatic heterocycles. The second-order valence-electron chi connectivity index (χ2n) is 7.36. The van der Waals surface area contributed by atoms with Crippen molar-refractivity contribution >= 4 is 21.8 Å². The molecule has 0 saturated carbocycles. The van der Waals surface area contributed by atoms with Crippen LogP contribution >= 0.6 is 0 Å². The zero-order valence-corrected chi connectivity index (χ0v) is 18.0. The molecule has 2 aromatic carbocycles. The maximum absolute atomic E-state index is 12.7. The number of nitrogens with one attached hydrogen (secondary N) is 1. The number of benzene rings is 2. The fourth-order valence-corrected chi connectivity index (χ4v) is 4.64. The number of carbonyl (C=O) groups is 2. The van der Waals surface area contributed by atoms with Gasteiger partial charge < -0.3 is 10.2 Å². The maximum atomic E-state index is 12.7. The first kappa shape index (κ1) is 23.7. The Bertz CT molecular complexity index is 1080. The van der Waals surface area contributed by atoms with Gasteiger partial charge in [0.1, 0.15) is 0 Å². The Labute approximate surface area is 183 Å². The van der Waals surface area contributed by atoms with E-state index < -0.39 is 21.8 Å². The van der Waals surface area contributed by atoms with E-state index in [1.807, 2.05) is 6.92 Å². The third-order valence-electron chi connectivity index (χ3n) is 5.12. The summed E-state index contributed by atoms with van der Waals surface area (Å²) in [6.45, 7) is 1.89. The molecule has 11 heteroatoms. The van der Waals surface area contributed by atoms with Crippen molar-refractivity contribution in [3.8, 4) is 0 Å². The minimum Gasteiger partial charge on any atom is -0.343 e. The average Bonchev–Trinajstić information content (AvgIpc) is 2.77. The summed E-state index contributed by atoms with van der Waals surface area (Å²) in [4.78, 5) is 25.7. The summed E-state index contributed by atoms with van der Waals surface area (Å²) in [6, 6.07) is 10.2. The van der Waals surface area contributed by atoms with Gasteiger partial charge in [-0.05, 0) is 43.3 Å². The number of nitrogens with zero attached hydrogens (tertiary/aromatic N) is 2. The largest absolute Gasteiger partial charge is 0.416 e. The van der Waals surface area contributed by atoms with Gasteiger partial charge in [0.15, 0.2) is 0 Å². The summed E-state index contributed by atoms with van der Waals surface area (Å²) in [5, 5.41) is 2.55. The third kappa shape index (κ3) is 5.46. The van der Waals surface area contributed by atoms with Crippen molar-refractivity contribution in [1.29, 1.82) is 0 Å². The summed E-state index contributed by atoms with van der Waals surface area (Å²) < 4.78 is 64.6. The van der Waals surface area contributed by atoms with Gasteiger partial charge in [0.25, 0.3) is 5.91 Å². The lowest BCUT2D eigenvalue weighted by Crippen LogP contribution is -2.52. The van der Waals surface area contributed by atoms with Crippen LogP contribution in [-0.2, 0) is 21.0 Å². The van der Waals surface area contributed by atoms with Gasteiger partial charge in [0.05, 0.1) is 17.0 Å². The molecule has 1 heterocycles. The first-order chi connectivity index (χ1) is 15.0. The number of alkyl halides is 3. The Morgan fingerprint density at radius 3 is 2.03 bits per heavy atom. The van der Waals surface area contributed by atoms with Crippen LogP contribution in [0.1, 0.15) is 21.5 Å². The van der Waals surface area contributed by atoms with Gasteiger partial charge in [-0.2, -0.15) is 17.5 Å². The monoisotopic (exact) mass is 469 g/mol. The van der Waals surface area contributed by atoms with Crippen LogP contribution in [0.15, 0.2) is 53.4 Å². The number of sulfonamides is 1. The number of carbonyl (C=O) groups excluding carboxylic acids is 2. The zero-order chi connectivity index (χ0) is 23.5. The molecule has 1 aliphatic heterocycles. The van der Waals surface area contributed by atoms with E-state index in [1.54, 1.807) is 24.3 Å². The third-order valence-corrected chi connectivity index (χ3v) is 7.04. The topological polar surface area (TPSA) is 86.8 Å². The summed E-state index contributed by atoms with van der Waals surface area (Å²) in [5.74, 6) is -0.737. The van der Waals surface area contributed by atoms with Crippen LogP contribution in [-0.4, -0.2) is 62.2 Å². The number of hydrogen-bond acceptors (Lipinski definition) is 4. The van der Waals surface area contributed by atoms with Crippen LogP contribution in [0.4, 0.5) is 13.2 Å². The average molecular weight is 469 g/mol. The molecule has 1 N–H and O–H groups in total. The Morgan fingerprint density at radius 2 is 1.50 bits per heavy atom. The molecule has 1 saturated heterocycles. The number of halogens is 3. The van der Waals surface area contributed by atoms with E-state index in [2.05, 4.69) is 5.32 Å². The van der Waals surface area contributed by atoms with Crippen LogP contribution in [0.5, 0.6) is 0 Å². The van der Waals surface area contributed by atoms with Gasteiger partial charge in [-0.3, -0.25) is 9.59 Å². The maximum Gasteiger partial charge on any atom is 0.416 e. The Hall–Kier alpha value is -2.92. The van der Waals surface area contributed by atoms with Gasteiger partial charge in [-0.1, -0.05) is 17.7 Å². The molecule has 0 radical (unpaired) electrons. The number of hydrogen-bond donors (Lipinski definition) is 1. The van der Waals surface area contributed by atoms with Gasteiger partial charge in [0, 0.05) is 31.7 Å². The molecule has 0 bridgehead atoms. The van der Waals surface area contributed by atoms with Gasteiger partial charge in [-0.15, -0.1) is 0 Å². The number of rotatable bonds is 5. The molecule has 172 valence electrons.